The molecule has 0 aromatic heterocycles. The minimum Gasteiger partial charge on any atom is -0.355 e. The molecule has 1 N–H and O–H groups in total. The van der Waals surface area contributed by atoms with Gasteiger partial charge in [0.15, 0.2) is 0 Å². The van der Waals surface area contributed by atoms with E-state index in [4.69, 9.17) is 0 Å². The summed E-state index contributed by atoms with van der Waals surface area (Å²) in [5.74, 6) is -0.143. The summed E-state index contributed by atoms with van der Waals surface area (Å²) in [4.78, 5) is 21.5. The Hall–Kier alpha value is -2.69. The van der Waals surface area contributed by atoms with E-state index in [2.05, 4.69) is 5.32 Å². The average Bonchev–Trinajstić information content (AvgIpc) is 2.46. The van der Waals surface area contributed by atoms with Crippen LogP contribution in [0.5, 0.6) is 0 Å². The van der Waals surface area contributed by atoms with Crippen molar-refractivity contribution in [3.63, 3.8) is 0 Å². The fourth-order valence-corrected chi connectivity index (χ4v) is 1.73. The van der Waals surface area contributed by atoms with Gasteiger partial charge in [0.25, 0.3) is 11.6 Å². The predicted octanol–water partition coefficient (Wildman–Crippen LogP) is 2.62. The molecule has 96 valence electrons. The van der Waals surface area contributed by atoms with Crippen molar-refractivity contribution < 1.29 is 9.72 Å². The third kappa shape index (κ3) is 2.77. The van der Waals surface area contributed by atoms with Gasteiger partial charge in [0.1, 0.15) is 0 Å². The Morgan fingerprint density at radius 2 is 1.47 bits per heavy atom. The Morgan fingerprint density at radius 3 is 1.89 bits per heavy atom. The van der Waals surface area contributed by atoms with Crippen molar-refractivity contribution in [3.05, 3.63) is 64.2 Å². The maximum absolute atomic E-state index is 11.4. The Labute approximate surface area is 110 Å². The molecule has 0 unspecified atom stereocenters. The first-order chi connectivity index (χ1) is 9.11. The monoisotopic (exact) mass is 256 g/mol. The molecule has 0 spiro atoms. The van der Waals surface area contributed by atoms with E-state index in [0.29, 0.717) is 5.56 Å². The summed E-state index contributed by atoms with van der Waals surface area (Å²) in [7, 11) is 1.58. The molecule has 0 aliphatic heterocycles. The molecular weight excluding hydrogens is 244 g/mol. The first-order valence-electron chi connectivity index (χ1n) is 5.69. The topological polar surface area (TPSA) is 72.2 Å². The average molecular weight is 256 g/mol. The lowest BCUT2D eigenvalue weighted by molar-refractivity contribution is -0.384. The molecule has 2 aromatic carbocycles. The van der Waals surface area contributed by atoms with Gasteiger partial charge in [-0.25, -0.2) is 0 Å². The van der Waals surface area contributed by atoms with E-state index in [1.54, 1.807) is 31.3 Å². The third-order valence-electron chi connectivity index (χ3n) is 2.79. The molecule has 5 heteroatoms. The molecule has 0 aliphatic carbocycles. The van der Waals surface area contributed by atoms with Crippen LogP contribution in [0, 0.1) is 10.1 Å². The lowest BCUT2D eigenvalue weighted by Crippen LogP contribution is -2.17. The van der Waals surface area contributed by atoms with Crippen LogP contribution < -0.4 is 5.32 Å². The maximum Gasteiger partial charge on any atom is 0.269 e. The summed E-state index contributed by atoms with van der Waals surface area (Å²) in [6.45, 7) is 0. The van der Waals surface area contributed by atoms with Gasteiger partial charge in [-0.1, -0.05) is 12.1 Å². The highest BCUT2D eigenvalue weighted by Crippen LogP contribution is 2.22. The van der Waals surface area contributed by atoms with Crippen molar-refractivity contribution in [3.8, 4) is 11.1 Å². The number of carbonyl (C=O) groups excluding carboxylic acids is 1. The van der Waals surface area contributed by atoms with Crippen molar-refractivity contribution >= 4 is 11.6 Å². The number of amides is 1. The smallest absolute Gasteiger partial charge is 0.269 e. The minimum absolute atomic E-state index is 0.0609. The lowest BCUT2D eigenvalue weighted by atomic mass is 10.0. The van der Waals surface area contributed by atoms with Gasteiger partial charge in [0.2, 0.25) is 0 Å². The van der Waals surface area contributed by atoms with Crippen molar-refractivity contribution in [2.24, 2.45) is 0 Å². The zero-order valence-corrected chi connectivity index (χ0v) is 10.3. The van der Waals surface area contributed by atoms with E-state index < -0.39 is 4.92 Å². The number of non-ortho nitro benzene ring substituents is 1. The van der Waals surface area contributed by atoms with Gasteiger partial charge >= 0.3 is 0 Å². The number of hydrogen-bond acceptors (Lipinski definition) is 3. The fraction of sp³-hybridized carbons (Fsp3) is 0.0714. The molecular formula is C14H12N2O3. The van der Waals surface area contributed by atoms with E-state index in [1.807, 2.05) is 12.1 Å². The summed E-state index contributed by atoms with van der Waals surface area (Å²) in [6.07, 6.45) is 0. The highest BCUT2D eigenvalue weighted by molar-refractivity contribution is 5.94. The standard InChI is InChI=1S/C14H12N2O3/c1-15-14(17)12-4-2-10(3-5-12)11-6-8-13(9-7-11)16(18)19/h2-9H,1H3,(H,15,17). The molecule has 0 bridgehead atoms. The Balaban J connectivity index is 2.27. The zero-order valence-electron chi connectivity index (χ0n) is 10.3. The van der Waals surface area contributed by atoms with E-state index in [-0.39, 0.29) is 11.6 Å². The molecule has 2 aromatic rings. The molecule has 0 heterocycles. The van der Waals surface area contributed by atoms with Crippen LogP contribution in [0.4, 0.5) is 5.69 Å². The van der Waals surface area contributed by atoms with Crippen LogP contribution in [0.3, 0.4) is 0 Å². The minimum atomic E-state index is -0.432. The Morgan fingerprint density at radius 1 is 1.00 bits per heavy atom. The van der Waals surface area contributed by atoms with Crippen molar-refractivity contribution in [1.82, 2.24) is 5.32 Å². The quantitative estimate of drug-likeness (QED) is 0.677. The summed E-state index contributed by atoms with van der Waals surface area (Å²) >= 11 is 0. The second-order valence-corrected chi connectivity index (χ2v) is 3.96. The molecule has 5 nitrogen and oxygen atoms in total. The predicted molar refractivity (Wildman–Crippen MR) is 71.9 cm³/mol. The number of nitro groups is 1. The van der Waals surface area contributed by atoms with E-state index in [1.165, 1.54) is 12.1 Å². The number of carbonyl (C=O) groups is 1. The van der Waals surface area contributed by atoms with Gasteiger partial charge in [-0.3, -0.25) is 14.9 Å². The van der Waals surface area contributed by atoms with Gasteiger partial charge in [0.05, 0.1) is 4.92 Å². The van der Waals surface area contributed by atoms with Gasteiger partial charge in [-0.15, -0.1) is 0 Å². The third-order valence-corrected chi connectivity index (χ3v) is 2.79. The molecule has 0 atom stereocenters. The number of hydrogen-bond donors (Lipinski definition) is 1. The molecule has 0 aliphatic rings. The van der Waals surface area contributed by atoms with Gasteiger partial charge in [-0.05, 0) is 35.4 Å². The second-order valence-electron chi connectivity index (χ2n) is 3.96. The highest BCUT2D eigenvalue weighted by atomic mass is 16.6. The molecule has 0 saturated heterocycles. The SMILES string of the molecule is CNC(=O)c1ccc(-c2ccc([N+](=O)[O-])cc2)cc1. The van der Waals surface area contributed by atoms with E-state index in [0.717, 1.165) is 11.1 Å². The number of nitrogens with one attached hydrogen (secondary N) is 1. The number of nitro benzene ring substituents is 1. The van der Waals surface area contributed by atoms with Crippen molar-refractivity contribution in [2.45, 2.75) is 0 Å². The Bertz CT molecular complexity index is 604. The lowest BCUT2D eigenvalue weighted by Gasteiger charge is -2.03. The molecule has 19 heavy (non-hydrogen) atoms. The second kappa shape index (κ2) is 5.30. The summed E-state index contributed by atoms with van der Waals surface area (Å²) in [5, 5.41) is 13.1. The Kier molecular flexibility index (Phi) is 3.56. The van der Waals surface area contributed by atoms with Crippen LogP contribution in [0.1, 0.15) is 10.4 Å². The summed E-state index contributed by atoms with van der Waals surface area (Å²) in [5.41, 5.74) is 2.41. The van der Waals surface area contributed by atoms with Crippen LogP contribution in [0.25, 0.3) is 11.1 Å². The maximum atomic E-state index is 11.4. The zero-order chi connectivity index (χ0) is 13.8. The van der Waals surface area contributed by atoms with Crippen LogP contribution >= 0.6 is 0 Å². The highest BCUT2D eigenvalue weighted by Gasteiger charge is 2.06. The molecule has 2 rings (SSSR count). The fourth-order valence-electron chi connectivity index (χ4n) is 1.73. The molecule has 0 fully saturated rings. The van der Waals surface area contributed by atoms with Crippen LogP contribution in [-0.2, 0) is 0 Å². The van der Waals surface area contributed by atoms with E-state index in [9.17, 15) is 14.9 Å². The number of rotatable bonds is 3. The van der Waals surface area contributed by atoms with Crippen molar-refractivity contribution in [1.29, 1.82) is 0 Å². The number of nitrogens with zero attached hydrogens (tertiary/aromatic N) is 1. The first-order valence-corrected chi connectivity index (χ1v) is 5.69. The van der Waals surface area contributed by atoms with E-state index >= 15 is 0 Å². The summed E-state index contributed by atoms with van der Waals surface area (Å²) < 4.78 is 0. The van der Waals surface area contributed by atoms with Gasteiger partial charge in [0, 0.05) is 24.7 Å². The molecule has 1 amide bonds. The van der Waals surface area contributed by atoms with Gasteiger partial charge in [-0.2, -0.15) is 0 Å². The van der Waals surface area contributed by atoms with Gasteiger partial charge < -0.3 is 5.32 Å². The molecule has 0 radical (unpaired) electrons. The van der Waals surface area contributed by atoms with Crippen molar-refractivity contribution in [2.75, 3.05) is 7.05 Å². The number of benzene rings is 2. The first kappa shape index (κ1) is 12.8. The normalized spacial score (nSPS) is 9.95. The molecule has 0 saturated carbocycles. The van der Waals surface area contributed by atoms with Crippen LogP contribution in [0.2, 0.25) is 0 Å². The van der Waals surface area contributed by atoms with Crippen LogP contribution in [0.15, 0.2) is 48.5 Å². The summed E-state index contributed by atoms with van der Waals surface area (Å²) in [6, 6.07) is 13.4. The largest absolute Gasteiger partial charge is 0.355 e. The van der Waals surface area contributed by atoms with Crippen LogP contribution in [-0.4, -0.2) is 17.9 Å².